The van der Waals surface area contributed by atoms with Gasteiger partial charge in [-0.3, -0.25) is 14.5 Å². The predicted molar refractivity (Wildman–Crippen MR) is 56.5 cm³/mol. The number of imide groups is 1. The Morgan fingerprint density at radius 3 is 2.60 bits per heavy atom. The van der Waals surface area contributed by atoms with E-state index in [9.17, 15) is 14.7 Å². The van der Waals surface area contributed by atoms with Gasteiger partial charge < -0.3 is 9.84 Å². The van der Waals surface area contributed by atoms with Crippen LogP contribution in [-0.2, 0) is 14.3 Å². The van der Waals surface area contributed by atoms with Crippen LogP contribution in [0.1, 0.15) is 6.42 Å². The first-order chi connectivity index (χ1) is 7.15. The van der Waals surface area contributed by atoms with Crippen molar-refractivity contribution < 1.29 is 19.4 Å². The van der Waals surface area contributed by atoms with Crippen molar-refractivity contribution in [1.29, 1.82) is 0 Å². The normalized spacial score (nSPS) is 19.5. The lowest BCUT2D eigenvalue weighted by molar-refractivity contribution is -0.142. The second-order valence-corrected chi connectivity index (χ2v) is 4.32. The van der Waals surface area contributed by atoms with Crippen molar-refractivity contribution in [2.75, 3.05) is 31.8 Å². The van der Waals surface area contributed by atoms with Gasteiger partial charge in [0.2, 0.25) is 11.8 Å². The van der Waals surface area contributed by atoms with Crippen molar-refractivity contribution >= 4 is 23.6 Å². The Bertz CT molecular complexity index is 230. The highest BCUT2D eigenvalue weighted by molar-refractivity contribution is 8.00. The van der Waals surface area contributed by atoms with Crippen LogP contribution < -0.4 is 0 Å². The summed E-state index contributed by atoms with van der Waals surface area (Å²) >= 11 is 1.33. The lowest BCUT2D eigenvalue weighted by Gasteiger charge is -2.25. The molecule has 0 saturated carbocycles. The number of hydrogen-bond acceptors (Lipinski definition) is 5. The van der Waals surface area contributed by atoms with Crippen molar-refractivity contribution in [3.05, 3.63) is 0 Å². The number of ether oxygens (including phenoxy) is 1. The van der Waals surface area contributed by atoms with Gasteiger partial charge in [0.1, 0.15) is 0 Å². The van der Waals surface area contributed by atoms with Gasteiger partial charge in [0.15, 0.2) is 0 Å². The number of aliphatic hydroxyl groups is 1. The quantitative estimate of drug-likeness (QED) is 0.648. The highest BCUT2D eigenvalue weighted by Crippen LogP contribution is 2.12. The van der Waals surface area contributed by atoms with Crippen LogP contribution in [0.5, 0.6) is 0 Å². The Balaban J connectivity index is 2.35. The number of carbonyl (C=O) groups is 2. The summed E-state index contributed by atoms with van der Waals surface area (Å²) in [4.78, 5) is 23.9. The highest BCUT2D eigenvalue weighted by Gasteiger charge is 2.26. The van der Waals surface area contributed by atoms with Gasteiger partial charge in [0.25, 0.3) is 0 Å². The maximum atomic E-state index is 11.3. The van der Waals surface area contributed by atoms with Crippen molar-refractivity contribution in [2.24, 2.45) is 0 Å². The molecular weight excluding hydrogens is 218 g/mol. The van der Waals surface area contributed by atoms with Gasteiger partial charge >= 0.3 is 0 Å². The molecule has 0 aromatic carbocycles. The number of nitrogens with zero attached hydrogens (tertiary/aromatic N) is 1. The predicted octanol–water partition coefficient (Wildman–Crippen LogP) is -0.514. The van der Waals surface area contributed by atoms with Crippen molar-refractivity contribution in [1.82, 2.24) is 4.90 Å². The average Bonchev–Trinajstić information content (AvgIpc) is 2.17. The first-order valence-electron chi connectivity index (χ1n) is 4.73. The molecule has 1 saturated heterocycles. The fraction of sp³-hybridized carbons (Fsp3) is 0.778. The lowest BCUT2D eigenvalue weighted by atomic mass is 10.2. The summed E-state index contributed by atoms with van der Waals surface area (Å²) in [5, 5.41) is 9.37. The van der Waals surface area contributed by atoms with Crippen molar-refractivity contribution in [3.63, 3.8) is 0 Å². The largest absolute Gasteiger partial charge is 0.391 e. The standard InChI is InChI=1S/C9H15NO4S/c1-14-4-7(11)2-3-10-8(12)5-15-6-9(10)13/h7,11H,2-6H2,1H3. The molecule has 1 aliphatic heterocycles. The Morgan fingerprint density at radius 2 is 2.07 bits per heavy atom. The van der Waals surface area contributed by atoms with Crippen molar-refractivity contribution in [3.8, 4) is 0 Å². The number of methoxy groups -OCH3 is 1. The summed E-state index contributed by atoms with van der Waals surface area (Å²) in [6.07, 6.45) is -0.249. The minimum atomic E-state index is -0.620. The number of thioether (sulfide) groups is 1. The number of hydrogen-bond donors (Lipinski definition) is 1. The summed E-state index contributed by atoms with van der Waals surface area (Å²) in [6.45, 7) is 0.508. The highest BCUT2D eigenvalue weighted by atomic mass is 32.2. The first-order valence-corrected chi connectivity index (χ1v) is 5.88. The van der Waals surface area contributed by atoms with Crippen LogP contribution >= 0.6 is 11.8 Å². The van der Waals surface area contributed by atoms with Crippen molar-refractivity contribution in [2.45, 2.75) is 12.5 Å². The molecule has 2 amide bonds. The number of rotatable bonds is 5. The topological polar surface area (TPSA) is 66.8 Å². The van der Waals surface area contributed by atoms with E-state index in [-0.39, 0.29) is 25.0 Å². The van der Waals surface area contributed by atoms with Crippen LogP contribution in [-0.4, -0.2) is 59.7 Å². The molecule has 1 fully saturated rings. The molecule has 0 aromatic heterocycles. The molecule has 1 unspecified atom stereocenters. The lowest BCUT2D eigenvalue weighted by Crippen LogP contribution is -2.44. The number of amides is 2. The monoisotopic (exact) mass is 233 g/mol. The molecule has 1 N–H and O–H groups in total. The summed E-state index contributed by atoms with van der Waals surface area (Å²) in [5.74, 6) is 0.375. The van der Waals surface area contributed by atoms with E-state index in [4.69, 9.17) is 4.74 Å². The molecule has 0 radical (unpaired) electrons. The SMILES string of the molecule is COCC(O)CCN1C(=O)CSCC1=O. The summed E-state index contributed by atoms with van der Waals surface area (Å²) in [6, 6.07) is 0. The van der Waals surface area contributed by atoms with E-state index in [0.29, 0.717) is 17.9 Å². The van der Waals surface area contributed by atoms with Gasteiger partial charge in [0.05, 0.1) is 24.2 Å². The molecule has 1 heterocycles. The van der Waals surface area contributed by atoms with Crippen LogP contribution in [0.2, 0.25) is 0 Å². The summed E-state index contributed by atoms with van der Waals surface area (Å²) in [7, 11) is 1.50. The molecule has 15 heavy (non-hydrogen) atoms. The van der Waals surface area contributed by atoms with Gasteiger partial charge in [-0.1, -0.05) is 0 Å². The molecule has 1 aliphatic rings. The second kappa shape index (κ2) is 6.09. The molecule has 6 heteroatoms. The fourth-order valence-corrected chi connectivity index (χ4v) is 2.09. The minimum absolute atomic E-state index is 0.166. The summed E-state index contributed by atoms with van der Waals surface area (Å²) in [5.41, 5.74) is 0. The molecule has 0 bridgehead atoms. The maximum absolute atomic E-state index is 11.3. The van der Waals surface area contributed by atoms with Gasteiger partial charge in [-0.05, 0) is 6.42 Å². The molecule has 86 valence electrons. The molecule has 1 rings (SSSR count). The van der Waals surface area contributed by atoms with Gasteiger partial charge in [0, 0.05) is 13.7 Å². The molecule has 0 aliphatic carbocycles. The van der Waals surface area contributed by atoms with E-state index in [1.54, 1.807) is 0 Å². The Kier molecular flexibility index (Phi) is 5.07. The smallest absolute Gasteiger partial charge is 0.239 e. The molecule has 0 spiro atoms. The third kappa shape index (κ3) is 3.81. The van der Waals surface area contributed by atoms with E-state index in [1.807, 2.05) is 0 Å². The van der Waals surface area contributed by atoms with Gasteiger partial charge in [-0.15, -0.1) is 11.8 Å². The molecular formula is C9H15NO4S. The van der Waals surface area contributed by atoms with Crippen LogP contribution in [0.25, 0.3) is 0 Å². The molecule has 0 aromatic rings. The van der Waals surface area contributed by atoms with E-state index in [0.717, 1.165) is 0 Å². The van der Waals surface area contributed by atoms with Crippen LogP contribution in [0, 0.1) is 0 Å². The Hall–Kier alpha value is -0.590. The van der Waals surface area contributed by atoms with E-state index in [2.05, 4.69) is 0 Å². The van der Waals surface area contributed by atoms with Gasteiger partial charge in [-0.25, -0.2) is 0 Å². The van der Waals surface area contributed by atoms with Crippen LogP contribution in [0.4, 0.5) is 0 Å². The van der Waals surface area contributed by atoms with E-state index in [1.165, 1.54) is 23.8 Å². The zero-order valence-electron chi connectivity index (χ0n) is 8.64. The molecule has 1 atom stereocenters. The number of aliphatic hydroxyl groups excluding tert-OH is 1. The average molecular weight is 233 g/mol. The second-order valence-electron chi connectivity index (χ2n) is 3.33. The zero-order valence-corrected chi connectivity index (χ0v) is 9.46. The summed E-state index contributed by atoms with van der Waals surface area (Å²) < 4.78 is 4.75. The third-order valence-corrected chi connectivity index (χ3v) is 3.00. The van der Waals surface area contributed by atoms with E-state index < -0.39 is 6.10 Å². The Morgan fingerprint density at radius 1 is 1.47 bits per heavy atom. The maximum Gasteiger partial charge on any atom is 0.239 e. The number of carbonyl (C=O) groups excluding carboxylic acids is 2. The fourth-order valence-electron chi connectivity index (χ4n) is 1.32. The van der Waals surface area contributed by atoms with Crippen LogP contribution in [0.15, 0.2) is 0 Å². The molecule has 5 nitrogen and oxygen atoms in total. The Labute approximate surface area is 92.8 Å². The zero-order chi connectivity index (χ0) is 11.3. The third-order valence-electron chi connectivity index (χ3n) is 2.10. The first kappa shape index (κ1) is 12.5. The minimum Gasteiger partial charge on any atom is -0.391 e. The van der Waals surface area contributed by atoms with Gasteiger partial charge in [-0.2, -0.15) is 0 Å². The van der Waals surface area contributed by atoms with Crippen LogP contribution in [0.3, 0.4) is 0 Å². The van der Waals surface area contributed by atoms with E-state index >= 15 is 0 Å².